The van der Waals surface area contributed by atoms with Gasteiger partial charge in [-0.05, 0) is 54.8 Å². The Balaban J connectivity index is 2.08. The lowest BCUT2D eigenvalue weighted by Gasteiger charge is -2.33. The van der Waals surface area contributed by atoms with Crippen molar-refractivity contribution < 1.29 is 18.0 Å². The third-order valence-corrected chi connectivity index (χ3v) is 9.68. The van der Waals surface area contributed by atoms with Gasteiger partial charge in [-0.2, -0.15) is 0 Å². The lowest BCUT2D eigenvalue weighted by molar-refractivity contribution is -0.140. The zero-order valence-corrected chi connectivity index (χ0v) is 26.5. The Kier molecular flexibility index (Phi) is 12.2. The zero-order chi connectivity index (χ0) is 30.2. The SMILES string of the molecule is CCCCNC(=O)C(CC)N(Cc1ccc(Cl)c(Cl)c1)C(=O)CN(c1cccc(Cl)c1Cl)S(=O)(=O)c1ccccc1. The molecule has 0 bridgehead atoms. The fourth-order valence-electron chi connectivity index (χ4n) is 4.18. The molecule has 0 aliphatic rings. The van der Waals surface area contributed by atoms with Crippen molar-refractivity contribution >= 4 is 73.9 Å². The summed E-state index contributed by atoms with van der Waals surface area (Å²) < 4.78 is 28.7. The van der Waals surface area contributed by atoms with Crippen molar-refractivity contribution in [3.63, 3.8) is 0 Å². The van der Waals surface area contributed by atoms with Crippen LogP contribution in [0.5, 0.6) is 0 Å². The molecule has 12 heteroatoms. The van der Waals surface area contributed by atoms with Gasteiger partial charge in [0.2, 0.25) is 11.8 Å². The van der Waals surface area contributed by atoms with Gasteiger partial charge >= 0.3 is 0 Å². The number of anilines is 1. The highest BCUT2D eigenvalue weighted by Gasteiger charge is 2.34. The molecule has 0 spiro atoms. The van der Waals surface area contributed by atoms with E-state index >= 15 is 0 Å². The van der Waals surface area contributed by atoms with E-state index in [2.05, 4.69) is 5.32 Å². The number of carbonyl (C=O) groups excluding carboxylic acids is 2. The molecule has 0 aromatic heterocycles. The Labute approximate surface area is 261 Å². The summed E-state index contributed by atoms with van der Waals surface area (Å²) >= 11 is 25.0. The summed E-state index contributed by atoms with van der Waals surface area (Å²) in [6.45, 7) is 3.58. The minimum absolute atomic E-state index is 0.0159. The van der Waals surface area contributed by atoms with Crippen molar-refractivity contribution in [2.24, 2.45) is 0 Å². The molecule has 1 atom stereocenters. The summed E-state index contributed by atoms with van der Waals surface area (Å²) in [6.07, 6.45) is 1.95. The van der Waals surface area contributed by atoms with E-state index in [4.69, 9.17) is 46.4 Å². The summed E-state index contributed by atoms with van der Waals surface area (Å²) in [5.74, 6) is -0.961. The van der Waals surface area contributed by atoms with Gasteiger partial charge < -0.3 is 10.2 Å². The molecule has 3 aromatic carbocycles. The zero-order valence-electron chi connectivity index (χ0n) is 22.6. The Bertz CT molecular complexity index is 1470. The van der Waals surface area contributed by atoms with E-state index in [-0.39, 0.29) is 44.5 Å². The van der Waals surface area contributed by atoms with E-state index in [9.17, 15) is 18.0 Å². The van der Waals surface area contributed by atoms with Crippen LogP contribution in [0.4, 0.5) is 5.69 Å². The second-order valence-electron chi connectivity index (χ2n) is 9.24. The van der Waals surface area contributed by atoms with E-state index in [1.54, 1.807) is 49.4 Å². The van der Waals surface area contributed by atoms with Gasteiger partial charge in [-0.25, -0.2) is 8.42 Å². The quantitative estimate of drug-likeness (QED) is 0.197. The predicted molar refractivity (Wildman–Crippen MR) is 166 cm³/mol. The molecular formula is C29H31Cl4N3O4S. The number of amides is 2. The molecule has 1 N–H and O–H groups in total. The van der Waals surface area contributed by atoms with Crippen molar-refractivity contribution in [2.75, 3.05) is 17.4 Å². The van der Waals surface area contributed by atoms with Gasteiger partial charge in [0.1, 0.15) is 12.6 Å². The average Bonchev–Trinajstić information content (AvgIpc) is 2.95. The minimum Gasteiger partial charge on any atom is -0.354 e. The molecule has 2 amide bonds. The van der Waals surface area contributed by atoms with E-state index in [1.807, 2.05) is 6.92 Å². The van der Waals surface area contributed by atoms with Gasteiger partial charge in [0.15, 0.2) is 0 Å². The largest absolute Gasteiger partial charge is 0.354 e. The van der Waals surface area contributed by atoms with E-state index in [1.165, 1.54) is 29.2 Å². The van der Waals surface area contributed by atoms with Crippen molar-refractivity contribution in [1.29, 1.82) is 0 Å². The standard InChI is InChI=1S/C29H31Cl4N3O4S/c1-3-5-16-34-29(38)25(4-2)35(18-20-14-15-22(30)24(32)17-20)27(37)19-36(26-13-9-12-23(31)28(26)33)41(39,40)21-10-7-6-8-11-21/h6-15,17,25H,3-5,16,18-19H2,1-2H3,(H,34,38). The lowest BCUT2D eigenvalue weighted by atomic mass is 10.1. The fraction of sp³-hybridized carbons (Fsp3) is 0.310. The van der Waals surface area contributed by atoms with Gasteiger partial charge in [-0.1, -0.05) is 97.0 Å². The fourth-order valence-corrected chi connectivity index (χ4v) is 6.39. The predicted octanol–water partition coefficient (Wildman–Crippen LogP) is 7.22. The Hall–Kier alpha value is -2.49. The van der Waals surface area contributed by atoms with Gasteiger partial charge in [-0.3, -0.25) is 13.9 Å². The first-order chi connectivity index (χ1) is 19.5. The minimum atomic E-state index is -4.27. The van der Waals surface area contributed by atoms with Crippen LogP contribution in [0, 0.1) is 0 Å². The second-order valence-corrected chi connectivity index (χ2v) is 12.7. The normalized spacial score (nSPS) is 12.0. The molecule has 1 unspecified atom stereocenters. The van der Waals surface area contributed by atoms with Crippen molar-refractivity contribution in [3.05, 3.63) is 92.4 Å². The molecular weight excluding hydrogens is 628 g/mol. The first-order valence-corrected chi connectivity index (χ1v) is 16.0. The number of nitrogens with zero attached hydrogens (tertiary/aromatic N) is 2. The van der Waals surface area contributed by atoms with Crippen molar-refractivity contribution in [3.8, 4) is 0 Å². The molecule has 0 saturated heterocycles. The molecule has 0 radical (unpaired) electrons. The van der Waals surface area contributed by atoms with Gasteiger partial charge in [0, 0.05) is 13.1 Å². The maximum absolute atomic E-state index is 14.1. The van der Waals surface area contributed by atoms with E-state index < -0.39 is 28.5 Å². The molecule has 3 aromatic rings. The Morgan fingerprint density at radius 1 is 0.878 bits per heavy atom. The highest BCUT2D eigenvalue weighted by Crippen LogP contribution is 2.35. The molecule has 7 nitrogen and oxygen atoms in total. The summed E-state index contributed by atoms with van der Waals surface area (Å²) in [6, 6.07) is 16.3. The lowest BCUT2D eigenvalue weighted by Crippen LogP contribution is -2.52. The summed E-state index contributed by atoms with van der Waals surface area (Å²) in [4.78, 5) is 28.7. The maximum Gasteiger partial charge on any atom is 0.264 e. The Morgan fingerprint density at radius 2 is 1.59 bits per heavy atom. The number of unbranched alkanes of at least 4 members (excludes halogenated alkanes) is 1. The smallest absolute Gasteiger partial charge is 0.264 e. The summed E-state index contributed by atoms with van der Waals surface area (Å²) in [5.41, 5.74) is 0.650. The van der Waals surface area contributed by atoms with Crippen LogP contribution in [0.1, 0.15) is 38.7 Å². The summed E-state index contributed by atoms with van der Waals surface area (Å²) in [7, 11) is -4.27. The second kappa shape index (κ2) is 15.1. The molecule has 220 valence electrons. The van der Waals surface area contributed by atoms with Crippen LogP contribution in [0.25, 0.3) is 0 Å². The molecule has 3 rings (SSSR count). The number of benzene rings is 3. The van der Waals surface area contributed by atoms with E-state index in [0.717, 1.165) is 17.1 Å². The molecule has 0 heterocycles. The van der Waals surface area contributed by atoms with Crippen LogP contribution < -0.4 is 9.62 Å². The molecule has 0 aliphatic carbocycles. The summed E-state index contributed by atoms with van der Waals surface area (Å²) in [5, 5.41) is 3.61. The third-order valence-electron chi connectivity index (χ3n) is 6.36. The number of nitrogens with one attached hydrogen (secondary N) is 1. The van der Waals surface area contributed by atoms with Crippen LogP contribution in [0.3, 0.4) is 0 Å². The molecule has 0 aliphatic heterocycles. The number of rotatable bonds is 13. The highest BCUT2D eigenvalue weighted by molar-refractivity contribution is 7.92. The molecule has 41 heavy (non-hydrogen) atoms. The van der Waals surface area contributed by atoms with Gasteiger partial charge in [0.25, 0.3) is 10.0 Å². The number of hydrogen-bond donors (Lipinski definition) is 1. The van der Waals surface area contributed by atoms with Crippen molar-refractivity contribution in [2.45, 2.75) is 50.6 Å². The van der Waals surface area contributed by atoms with Gasteiger partial charge in [-0.15, -0.1) is 0 Å². The number of hydrogen-bond acceptors (Lipinski definition) is 4. The van der Waals surface area contributed by atoms with Crippen molar-refractivity contribution in [1.82, 2.24) is 10.2 Å². The maximum atomic E-state index is 14.1. The van der Waals surface area contributed by atoms with Crippen LogP contribution in [0.15, 0.2) is 71.6 Å². The molecule has 0 fully saturated rings. The monoisotopic (exact) mass is 657 g/mol. The van der Waals surface area contributed by atoms with E-state index in [0.29, 0.717) is 17.1 Å². The number of halogens is 4. The highest BCUT2D eigenvalue weighted by atomic mass is 35.5. The topological polar surface area (TPSA) is 86.8 Å². The van der Waals surface area contributed by atoms with Crippen LogP contribution in [0.2, 0.25) is 20.1 Å². The molecule has 0 saturated carbocycles. The van der Waals surface area contributed by atoms with Crippen LogP contribution in [-0.2, 0) is 26.2 Å². The first kappa shape index (κ1) is 33.0. The number of carbonyl (C=O) groups is 2. The average molecular weight is 659 g/mol. The first-order valence-electron chi connectivity index (χ1n) is 13.0. The van der Waals surface area contributed by atoms with Crippen LogP contribution in [-0.4, -0.2) is 44.3 Å². The third kappa shape index (κ3) is 8.30. The van der Waals surface area contributed by atoms with Crippen LogP contribution >= 0.6 is 46.4 Å². The number of sulfonamides is 1. The Morgan fingerprint density at radius 3 is 2.22 bits per heavy atom. The van der Waals surface area contributed by atoms with Gasteiger partial charge in [0.05, 0.1) is 30.7 Å².